The van der Waals surface area contributed by atoms with Gasteiger partial charge in [-0.2, -0.15) is 0 Å². The number of hydrogen-bond donors (Lipinski definition) is 1. The average molecular weight is 302 g/mol. The Morgan fingerprint density at radius 3 is 3.05 bits per heavy atom. The van der Waals surface area contributed by atoms with E-state index >= 15 is 0 Å². The molecule has 1 N–H and O–H groups in total. The predicted octanol–water partition coefficient (Wildman–Crippen LogP) is 2.16. The van der Waals surface area contributed by atoms with E-state index in [1.165, 1.54) is 12.3 Å². The van der Waals surface area contributed by atoms with Gasteiger partial charge in [0.25, 0.3) is 5.91 Å². The number of aryl methyl sites for hydroxylation is 1. The molecule has 2 aromatic heterocycles. The van der Waals surface area contributed by atoms with Crippen LogP contribution in [0.4, 0.5) is 0 Å². The highest BCUT2D eigenvalue weighted by atomic mass is 16.5. The SMILES string of the molecule is CCc1ccc([C@H]2COCCN2C(=O)c2ncccc2O)o1. The van der Waals surface area contributed by atoms with Crippen LogP contribution in [0, 0.1) is 0 Å². The lowest BCUT2D eigenvalue weighted by Crippen LogP contribution is -2.43. The molecule has 0 aliphatic carbocycles. The largest absolute Gasteiger partial charge is 0.505 e. The van der Waals surface area contributed by atoms with Crippen LogP contribution in [0.25, 0.3) is 0 Å². The fourth-order valence-corrected chi connectivity index (χ4v) is 2.54. The summed E-state index contributed by atoms with van der Waals surface area (Å²) in [4.78, 5) is 18.3. The molecule has 0 bridgehead atoms. The van der Waals surface area contributed by atoms with E-state index in [9.17, 15) is 9.90 Å². The molecule has 0 radical (unpaired) electrons. The van der Waals surface area contributed by atoms with E-state index in [0.717, 1.165) is 12.2 Å². The second-order valence-corrected chi connectivity index (χ2v) is 5.12. The van der Waals surface area contributed by atoms with Gasteiger partial charge in [0, 0.05) is 19.2 Å². The zero-order valence-corrected chi connectivity index (χ0v) is 12.4. The maximum atomic E-state index is 12.7. The van der Waals surface area contributed by atoms with Gasteiger partial charge < -0.3 is 19.2 Å². The van der Waals surface area contributed by atoms with Gasteiger partial charge in [0.05, 0.1) is 13.2 Å². The number of furan rings is 1. The molecule has 1 atom stereocenters. The smallest absolute Gasteiger partial charge is 0.277 e. The normalized spacial score (nSPS) is 18.4. The summed E-state index contributed by atoms with van der Waals surface area (Å²) < 4.78 is 11.3. The average Bonchev–Trinajstić information content (AvgIpc) is 3.04. The topological polar surface area (TPSA) is 75.8 Å². The Balaban J connectivity index is 1.89. The Morgan fingerprint density at radius 1 is 1.45 bits per heavy atom. The highest BCUT2D eigenvalue weighted by molar-refractivity contribution is 5.95. The lowest BCUT2D eigenvalue weighted by atomic mass is 10.1. The van der Waals surface area contributed by atoms with Crippen LogP contribution in [-0.2, 0) is 11.2 Å². The number of pyridine rings is 1. The van der Waals surface area contributed by atoms with Crippen molar-refractivity contribution in [2.75, 3.05) is 19.8 Å². The molecule has 0 spiro atoms. The van der Waals surface area contributed by atoms with Crippen LogP contribution in [0.3, 0.4) is 0 Å². The minimum absolute atomic E-state index is 0.0525. The number of ether oxygens (including phenoxy) is 1. The van der Waals surface area contributed by atoms with Crippen LogP contribution in [0.2, 0.25) is 0 Å². The van der Waals surface area contributed by atoms with Gasteiger partial charge in [-0.1, -0.05) is 6.92 Å². The molecule has 116 valence electrons. The fourth-order valence-electron chi connectivity index (χ4n) is 2.54. The number of rotatable bonds is 3. The van der Waals surface area contributed by atoms with Crippen molar-refractivity contribution in [3.8, 4) is 5.75 Å². The maximum Gasteiger partial charge on any atom is 0.277 e. The van der Waals surface area contributed by atoms with Gasteiger partial charge in [-0.05, 0) is 24.3 Å². The molecule has 1 aliphatic rings. The molecular weight excluding hydrogens is 284 g/mol. The maximum absolute atomic E-state index is 12.7. The molecule has 2 aromatic rings. The number of morpholine rings is 1. The van der Waals surface area contributed by atoms with Crippen molar-refractivity contribution in [1.82, 2.24) is 9.88 Å². The highest BCUT2D eigenvalue weighted by Gasteiger charge is 2.33. The van der Waals surface area contributed by atoms with Crippen molar-refractivity contribution < 1.29 is 19.1 Å². The zero-order valence-electron chi connectivity index (χ0n) is 12.4. The molecule has 1 aliphatic heterocycles. The molecule has 6 nitrogen and oxygen atoms in total. The molecule has 6 heteroatoms. The lowest BCUT2D eigenvalue weighted by Gasteiger charge is -2.34. The summed E-state index contributed by atoms with van der Waals surface area (Å²) in [6.07, 6.45) is 2.28. The molecule has 3 rings (SSSR count). The van der Waals surface area contributed by atoms with Crippen molar-refractivity contribution in [1.29, 1.82) is 0 Å². The number of amides is 1. The first-order valence-corrected chi connectivity index (χ1v) is 7.32. The molecule has 0 saturated carbocycles. The molecular formula is C16H18N2O4. The predicted molar refractivity (Wildman–Crippen MR) is 78.6 cm³/mol. The first-order valence-electron chi connectivity index (χ1n) is 7.32. The van der Waals surface area contributed by atoms with Crippen molar-refractivity contribution in [3.63, 3.8) is 0 Å². The van der Waals surface area contributed by atoms with Crippen LogP contribution in [0.1, 0.15) is 35.0 Å². The Bertz CT molecular complexity index is 668. The summed E-state index contributed by atoms with van der Waals surface area (Å²) in [6, 6.07) is 6.52. The van der Waals surface area contributed by atoms with Crippen molar-refractivity contribution in [3.05, 3.63) is 47.7 Å². The molecule has 1 fully saturated rings. The van der Waals surface area contributed by atoms with Crippen LogP contribution < -0.4 is 0 Å². The second kappa shape index (κ2) is 6.19. The molecule has 1 amide bonds. The van der Waals surface area contributed by atoms with Gasteiger partial charge in [-0.25, -0.2) is 4.98 Å². The van der Waals surface area contributed by atoms with E-state index in [1.54, 1.807) is 11.0 Å². The standard InChI is InChI=1S/C16H18N2O4/c1-2-11-5-6-14(22-11)12-10-21-9-8-18(12)16(20)15-13(19)4-3-7-17-15/h3-7,12,19H,2,8-10H2,1H3/t12-/m1/s1. The number of hydrogen-bond acceptors (Lipinski definition) is 5. The van der Waals surface area contributed by atoms with E-state index in [1.807, 2.05) is 19.1 Å². The summed E-state index contributed by atoms with van der Waals surface area (Å²) in [5.41, 5.74) is 0.0525. The number of aromatic nitrogens is 1. The third kappa shape index (κ3) is 2.69. The summed E-state index contributed by atoms with van der Waals surface area (Å²) >= 11 is 0. The number of nitrogens with zero attached hydrogens (tertiary/aromatic N) is 2. The van der Waals surface area contributed by atoms with Crippen molar-refractivity contribution in [2.45, 2.75) is 19.4 Å². The summed E-state index contributed by atoms with van der Waals surface area (Å²) in [5, 5.41) is 9.85. The molecule has 22 heavy (non-hydrogen) atoms. The van der Waals surface area contributed by atoms with Crippen LogP contribution in [0.15, 0.2) is 34.9 Å². The first kappa shape index (κ1) is 14.6. The van der Waals surface area contributed by atoms with Gasteiger partial charge in [-0.3, -0.25) is 4.79 Å². The van der Waals surface area contributed by atoms with Crippen molar-refractivity contribution >= 4 is 5.91 Å². The fraction of sp³-hybridized carbons (Fsp3) is 0.375. The van der Waals surface area contributed by atoms with Gasteiger partial charge in [0.1, 0.15) is 23.3 Å². The van der Waals surface area contributed by atoms with E-state index < -0.39 is 0 Å². The minimum Gasteiger partial charge on any atom is -0.505 e. The van der Waals surface area contributed by atoms with E-state index in [0.29, 0.717) is 25.5 Å². The third-order valence-electron chi connectivity index (χ3n) is 3.74. The van der Waals surface area contributed by atoms with Gasteiger partial charge in [0.2, 0.25) is 0 Å². The Labute approximate surface area is 128 Å². The summed E-state index contributed by atoms with van der Waals surface area (Å²) in [5.74, 6) is 1.13. The van der Waals surface area contributed by atoms with E-state index in [4.69, 9.17) is 9.15 Å². The molecule has 1 saturated heterocycles. The summed E-state index contributed by atoms with van der Waals surface area (Å²) in [7, 11) is 0. The summed E-state index contributed by atoms with van der Waals surface area (Å²) in [6.45, 7) is 3.27. The Morgan fingerprint density at radius 2 is 2.32 bits per heavy atom. The number of carbonyl (C=O) groups is 1. The minimum atomic E-state index is -0.319. The quantitative estimate of drug-likeness (QED) is 0.940. The first-order chi connectivity index (χ1) is 10.7. The molecule has 0 aromatic carbocycles. The van der Waals surface area contributed by atoms with E-state index in [2.05, 4.69) is 4.98 Å². The van der Waals surface area contributed by atoms with E-state index in [-0.39, 0.29) is 23.4 Å². The number of aromatic hydroxyl groups is 1. The monoisotopic (exact) mass is 302 g/mol. The van der Waals surface area contributed by atoms with Crippen LogP contribution in [-0.4, -0.2) is 40.7 Å². The third-order valence-corrected chi connectivity index (χ3v) is 3.74. The second-order valence-electron chi connectivity index (χ2n) is 5.12. The van der Waals surface area contributed by atoms with Crippen LogP contribution >= 0.6 is 0 Å². The van der Waals surface area contributed by atoms with Gasteiger partial charge in [-0.15, -0.1) is 0 Å². The Kier molecular flexibility index (Phi) is 4.11. The molecule has 0 unspecified atom stereocenters. The number of carbonyl (C=O) groups excluding carboxylic acids is 1. The Hall–Kier alpha value is -2.34. The van der Waals surface area contributed by atoms with Gasteiger partial charge >= 0.3 is 0 Å². The molecule has 3 heterocycles. The van der Waals surface area contributed by atoms with Crippen LogP contribution in [0.5, 0.6) is 5.75 Å². The zero-order chi connectivity index (χ0) is 15.5. The highest BCUT2D eigenvalue weighted by Crippen LogP contribution is 2.28. The van der Waals surface area contributed by atoms with Crippen molar-refractivity contribution in [2.24, 2.45) is 0 Å². The lowest BCUT2D eigenvalue weighted by molar-refractivity contribution is -0.00945. The van der Waals surface area contributed by atoms with Gasteiger partial charge in [0.15, 0.2) is 5.69 Å².